The van der Waals surface area contributed by atoms with E-state index in [9.17, 15) is 4.79 Å². The quantitative estimate of drug-likeness (QED) is 0.631. The van der Waals surface area contributed by atoms with Gasteiger partial charge in [-0.15, -0.1) is 0 Å². The third-order valence-electron chi connectivity index (χ3n) is 5.24. The zero-order valence-corrected chi connectivity index (χ0v) is 16.5. The number of ether oxygens (including phenoxy) is 1. The van der Waals surface area contributed by atoms with E-state index in [2.05, 4.69) is 20.7 Å². The van der Waals surface area contributed by atoms with Crippen LogP contribution in [0.25, 0.3) is 0 Å². The van der Waals surface area contributed by atoms with Crippen LogP contribution in [0.3, 0.4) is 0 Å². The molecule has 7 heteroatoms. The zero-order chi connectivity index (χ0) is 20.1. The lowest BCUT2D eigenvalue weighted by Crippen LogP contribution is -2.21. The van der Waals surface area contributed by atoms with Gasteiger partial charge in [0.1, 0.15) is 17.4 Å². The number of nitrogens with zero attached hydrogens (tertiary/aromatic N) is 3. The smallest absolute Gasteiger partial charge is 0.260 e. The fraction of sp³-hybridized carbons (Fsp3) is 0.318. The number of amides is 1. The summed E-state index contributed by atoms with van der Waals surface area (Å²) in [6.07, 6.45) is 9.26. The van der Waals surface area contributed by atoms with Gasteiger partial charge < -0.3 is 15.4 Å². The lowest BCUT2D eigenvalue weighted by atomic mass is 9.96. The van der Waals surface area contributed by atoms with Crippen LogP contribution in [-0.4, -0.2) is 27.8 Å². The third kappa shape index (κ3) is 4.23. The molecule has 150 valence electrons. The molecular weight excluding hydrogens is 366 g/mol. The van der Waals surface area contributed by atoms with Crippen LogP contribution in [0.1, 0.15) is 48.5 Å². The summed E-state index contributed by atoms with van der Waals surface area (Å²) < 4.78 is 7.33. The van der Waals surface area contributed by atoms with E-state index in [1.165, 1.54) is 19.3 Å². The molecular formula is C22H25N5O2. The van der Waals surface area contributed by atoms with Gasteiger partial charge in [-0.3, -0.25) is 4.79 Å². The topological polar surface area (TPSA) is 81.1 Å². The van der Waals surface area contributed by atoms with Crippen LogP contribution in [0.2, 0.25) is 0 Å². The molecule has 1 fully saturated rings. The number of methoxy groups -OCH3 is 1. The summed E-state index contributed by atoms with van der Waals surface area (Å²) in [7, 11) is 1.61. The highest BCUT2D eigenvalue weighted by molar-refractivity contribution is 6.07. The van der Waals surface area contributed by atoms with Gasteiger partial charge in [-0.05, 0) is 37.1 Å². The van der Waals surface area contributed by atoms with Gasteiger partial charge >= 0.3 is 0 Å². The molecule has 0 radical (unpaired) electrons. The minimum absolute atomic E-state index is 0.229. The van der Waals surface area contributed by atoms with E-state index >= 15 is 0 Å². The first-order valence-electron chi connectivity index (χ1n) is 9.96. The Morgan fingerprint density at radius 3 is 2.72 bits per heavy atom. The molecule has 7 nitrogen and oxygen atoms in total. The predicted octanol–water partition coefficient (Wildman–Crippen LogP) is 4.79. The average Bonchev–Trinajstić information content (AvgIpc) is 3.23. The Labute approximate surface area is 170 Å². The van der Waals surface area contributed by atoms with E-state index in [4.69, 9.17) is 4.74 Å². The van der Waals surface area contributed by atoms with Crippen molar-refractivity contribution in [3.8, 4) is 5.75 Å². The van der Waals surface area contributed by atoms with Gasteiger partial charge in [-0.1, -0.05) is 31.4 Å². The van der Waals surface area contributed by atoms with Gasteiger partial charge in [0.05, 0.1) is 30.6 Å². The molecule has 0 unspecified atom stereocenters. The monoisotopic (exact) mass is 391 g/mol. The number of para-hydroxylation sites is 2. The Bertz CT molecular complexity index is 979. The molecule has 0 saturated heterocycles. The lowest BCUT2D eigenvalue weighted by molar-refractivity contribution is 0.102. The van der Waals surface area contributed by atoms with Crippen molar-refractivity contribution in [3.05, 3.63) is 60.4 Å². The Hall–Kier alpha value is -3.35. The number of rotatable bonds is 6. The fourth-order valence-electron chi connectivity index (χ4n) is 3.78. The van der Waals surface area contributed by atoms with Gasteiger partial charge in [-0.25, -0.2) is 9.67 Å². The van der Waals surface area contributed by atoms with E-state index in [1.807, 2.05) is 35.0 Å². The van der Waals surface area contributed by atoms with Crippen molar-refractivity contribution in [2.24, 2.45) is 0 Å². The maximum Gasteiger partial charge on any atom is 0.260 e. The first-order chi connectivity index (χ1) is 14.3. The van der Waals surface area contributed by atoms with Gasteiger partial charge in [0.25, 0.3) is 5.91 Å². The number of hydrogen-bond donors (Lipinski definition) is 2. The summed E-state index contributed by atoms with van der Waals surface area (Å²) in [5, 5.41) is 10.7. The Kier molecular flexibility index (Phi) is 5.74. The number of nitrogens with one attached hydrogen (secondary N) is 2. The van der Waals surface area contributed by atoms with E-state index in [0.29, 0.717) is 29.0 Å². The van der Waals surface area contributed by atoms with Gasteiger partial charge in [0, 0.05) is 12.3 Å². The van der Waals surface area contributed by atoms with Crippen LogP contribution in [0.4, 0.5) is 17.3 Å². The number of pyridine rings is 1. The number of hydrogen-bond acceptors (Lipinski definition) is 5. The normalized spacial score (nSPS) is 14.4. The number of anilines is 3. The summed E-state index contributed by atoms with van der Waals surface area (Å²) in [6, 6.07) is 13.2. The minimum Gasteiger partial charge on any atom is -0.495 e. The molecule has 4 rings (SSSR count). The maximum atomic E-state index is 13.0. The molecule has 0 atom stereocenters. The zero-order valence-electron chi connectivity index (χ0n) is 16.5. The third-order valence-corrected chi connectivity index (χ3v) is 5.24. The van der Waals surface area contributed by atoms with Crippen LogP contribution in [-0.2, 0) is 0 Å². The summed E-state index contributed by atoms with van der Waals surface area (Å²) in [5.41, 5.74) is 1.20. The molecule has 1 amide bonds. The first-order valence-corrected chi connectivity index (χ1v) is 9.96. The molecule has 0 spiro atoms. The second-order valence-corrected chi connectivity index (χ2v) is 7.13. The second-order valence-electron chi connectivity index (χ2n) is 7.13. The highest BCUT2D eigenvalue weighted by Crippen LogP contribution is 2.31. The molecule has 3 aromatic rings. The first kappa shape index (κ1) is 19.0. The van der Waals surface area contributed by atoms with E-state index < -0.39 is 0 Å². The highest BCUT2D eigenvalue weighted by atomic mass is 16.5. The largest absolute Gasteiger partial charge is 0.495 e. The van der Waals surface area contributed by atoms with Crippen LogP contribution < -0.4 is 15.4 Å². The van der Waals surface area contributed by atoms with Gasteiger partial charge in [0.15, 0.2) is 0 Å². The van der Waals surface area contributed by atoms with Crippen molar-refractivity contribution in [1.29, 1.82) is 0 Å². The van der Waals surface area contributed by atoms with Crippen molar-refractivity contribution in [3.63, 3.8) is 0 Å². The molecule has 2 aromatic heterocycles. The fourth-order valence-corrected chi connectivity index (χ4v) is 3.78. The summed E-state index contributed by atoms with van der Waals surface area (Å²) in [4.78, 5) is 17.4. The predicted molar refractivity (Wildman–Crippen MR) is 113 cm³/mol. The van der Waals surface area contributed by atoms with Crippen LogP contribution in [0.5, 0.6) is 5.75 Å². The minimum atomic E-state index is -0.229. The molecule has 0 bridgehead atoms. The van der Waals surface area contributed by atoms with Crippen LogP contribution in [0.15, 0.2) is 54.9 Å². The molecule has 1 aromatic carbocycles. The maximum absolute atomic E-state index is 13.0. The number of carbonyl (C=O) groups is 1. The molecule has 0 aliphatic heterocycles. The summed E-state index contributed by atoms with van der Waals surface area (Å²) in [5.74, 6) is 1.64. The molecule has 1 aliphatic carbocycles. The van der Waals surface area contributed by atoms with Crippen LogP contribution >= 0.6 is 0 Å². The van der Waals surface area contributed by atoms with Crippen molar-refractivity contribution in [2.75, 3.05) is 17.7 Å². The second kappa shape index (κ2) is 8.77. The Morgan fingerprint density at radius 2 is 1.90 bits per heavy atom. The van der Waals surface area contributed by atoms with E-state index in [0.717, 1.165) is 18.5 Å². The molecule has 2 N–H and O–H groups in total. The number of benzene rings is 1. The van der Waals surface area contributed by atoms with E-state index in [-0.39, 0.29) is 5.91 Å². The summed E-state index contributed by atoms with van der Waals surface area (Å²) in [6.45, 7) is 0. The van der Waals surface area contributed by atoms with Crippen molar-refractivity contribution < 1.29 is 9.53 Å². The van der Waals surface area contributed by atoms with Crippen LogP contribution in [0, 0.1) is 0 Å². The van der Waals surface area contributed by atoms with Gasteiger partial charge in [0.2, 0.25) is 0 Å². The summed E-state index contributed by atoms with van der Waals surface area (Å²) >= 11 is 0. The van der Waals surface area contributed by atoms with Crippen molar-refractivity contribution in [1.82, 2.24) is 14.8 Å². The molecule has 29 heavy (non-hydrogen) atoms. The Balaban J connectivity index is 1.55. The Morgan fingerprint density at radius 1 is 1.07 bits per heavy atom. The number of carbonyl (C=O) groups excluding carboxylic acids is 1. The lowest BCUT2D eigenvalue weighted by Gasteiger charge is -2.24. The highest BCUT2D eigenvalue weighted by Gasteiger charge is 2.21. The molecule has 1 aliphatic rings. The molecule has 2 heterocycles. The SMILES string of the molecule is COc1ccccc1Nc1ncccc1C(=O)Nc1ccnn1C1CCCCC1. The van der Waals surface area contributed by atoms with Crippen molar-refractivity contribution in [2.45, 2.75) is 38.1 Å². The number of aromatic nitrogens is 3. The molecule has 1 saturated carbocycles. The van der Waals surface area contributed by atoms with Gasteiger partial charge in [-0.2, -0.15) is 5.10 Å². The standard InChI is InChI=1S/C22H25N5O2/c1-29-19-12-6-5-11-18(19)25-21-17(10-7-14-23-21)22(28)26-20-13-15-24-27(20)16-8-3-2-4-9-16/h5-7,10-16H,2-4,8-9H2,1H3,(H,23,25)(H,26,28). The van der Waals surface area contributed by atoms with E-state index in [1.54, 1.807) is 31.6 Å². The average molecular weight is 391 g/mol. The van der Waals surface area contributed by atoms with Crippen molar-refractivity contribution >= 4 is 23.2 Å².